The SMILES string of the molecule is COc1cc2c(cc1C(=O)N1C[C@@H](N(C)C)[C@@H](n3ccnn3)C1)OCO2. The highest BCUT2D eigenvalue weighted by Crippen LogP contribution is 2.39. The summed E-state index contributed by atoms with van der Waals surface area (Å²) in [7, 11) is 5.55. The third-order valence-electron chi connectivity index (χ3n) is 4.92. The zero-order valence-corrected chi connectivity index (χ0v) is 15.0. The van der Waals surface area contributed by atoms with Crippen LogP contribution < -0.4 is 14.2 Å². The molecule has 26 heavy (non-hydrogen) atoms. The highest BCUT2D eigenvalue weighted by atomic mass is 16.7. The van der Waals surface area contributed by atoms with Crippen molar-refractivity contribution < 1.29 is 19.0 Å². The molecule has 0 bridgehead atoms. The van der Waals surface area contributed by atoms with E-state index in [-0.39, 0.29) is 24.8 Å². The summed E-state index contributed by atoms with van der Waals surface area (Å²) >= 11 is 0. The number of carbonyl (C=O) groups is 1. The molecule has 1 amide bonds. The van der Waals surface area contributed by atoms with E-state index in [2.05, 4.69) is 15.2 Å². The molecule has 1 aromatic heterocycles. The number of benzene rings is 1. The first kappa shape index (κ1) is 16.6. The van der Waals surface area contributed by atoms with Gasteiger partial charge in [-0.05, 0) is 14.1 Å². The first-order chi connectivity index (χ1) is 12.6. The fourth-order valence-electron chi connectivity index (χ4n) is 3.53. The Morgan fingerprint density at radius 1 is 1.27 bits per heavy atom. The summed E-state index contributed by atoms with van der Waals surface area (Å²) < 4.78 is 18.0. The smallest absolute Gasteiger partial charge is 0.257 e. The normalized spacial score (nSPS) is 21.5. The van der Waals surface area contributed by atoms with Gasteiger partial charge in [0.2, 0.25) is 6.79 Å². The number of likely N-dealkylation sites (N-methyl/N-ethyl adjacent to an activating group) is 1. The van der Waals surface area contributed by atoms with Gasteiger partial charge in [0, 0.05) is 31.4 Å². The summed E-state index contributed by atoms with van der Waals surface area (Å²) in [4.78, 5) is 17.1. The lowest BCUT2D eigenvalue weighted by Gasteiger charge is -2.24. The summed E-state index contributed by atoms with van der Waals surface area (Å²) in [6, 6.07) is 3.57. The molecular weight excluding hydrogens is 338 g/mol. The monoisotopic (exact) mass is 359 g/mol. The van der Waals surface area contributed by atoms with Gasteiger partial charge in [-0.25, -0.2) is 4.68 Å². The van der Waals surface area contributed by atoms with Crippen molar-refractivity contribution in [2.45, 2.75) is 12.1 Å². The predicted molar refractivity (Wildman–Crippen MR) is 91.6 cm³/mol. The maximum Gasteiger partial charge on any atom is 0.257 e. The standard InChI is InChI=1S/C17H21N5O4/c1-20(2)12-8-21(9-13(12)22-5-4-18-19-22)17(23)11-6-15-16(26-10-25-15)7-14(11)24-3/h4-7,12-13H,8-10H2,1-3H3/t12-,13+/m1/s1. The minimum Gasteiger partial charge on any atom is -0.496 e. The lowest BCUT2D eigenvalue weighted by molar-refractivity contribution is 0.0777. The number of hydrogen-bond acceptors (Lipinski definition) is 7. The topological polar surface area (TPSA) is 82.0 Å². The lowest BCUT2D eigenvalue weighted by atomic mass is 10.1. The van der Waals surface area contributed by atoms with Gasteiger partial charge in [-0.2, -0.15) is 0 Å². The van der Waals surface area contributed by atoms with Gasteiger partial charge in [-0.15, -0.1) is 5.10 Å². The van der Waals surface area contributed by atoms with Gasteiger partial charge < -0.3 is 24.0 Å². The zero-order valence-electron chi connectivity index (χ0n) is 15.0. The number of hydrogen-bond donors (Lipinski definition) is 0. The molecule has 0 saturated carbocycles. The van der Waals surface area contributed by atoms with Crippen molar-refractivity contribution >= 4 is 5.91 Å². The molecule has 3 heterocycles. The Balaban J connectivity index is 1.63. The molecule has 4 rings (SSSR count). The van der Waals surface area contributed by atoms with Gasteiger partial charge in [-0.1, -0.05) is 5.21 Å². The van der Waals surface area contributed by atoms with Crippen molar-refractivity contribution in [2.24, 2.45) is 0 Å². The molecule has 1 saturated heterocycles. The van der Waals surface area contributed by atoms with Crippen LogP contribution in [0.25, 0.3) is 0 Å². The van der Waals surface area contributed by atoms with E-state index in [1.807, 2.05) is 29.9 Å². The number of methoxy groups -OCH3 is 1. The molecule has 0 aliphatic carbocycles. The van der Waals surface area contributed by atoms with Crippen molar-refractivity contribution in [3.8, 4) is 17.2 Å². The van der Waals surface area contributed by atoms with Crippen molar-refractivity contribution in [3.05, 3.63) is 30.1 Å². The van der Waals surface area contributed by atoms with E-state index in [9.17, 15) is 4.79 Å². The fourth-order valence-corrected chi connectivity index (χ4v) is 3.53. The Morgan fingerprint density at radius 3 is 2.69 bits per heavy atom. The molecule has 0 radical (unpaired) electrons. The van der Waals surface area contributed by atoms with E-state index in [4.69, 9.17) is 14.2 Å². The van der Waals surface area contributed by atoms with E-state index < -0.39 is 0 Å². The average molecular weight is 359 g/mol. The number of nitrogens with zero attached hydrogens (tertiary/aromatic N) is 5. The summed E-state index contributed by atoms with van der Waals surface area (Å²) in [6.07, 6.45) is 3.48. The van der Waals surface area contributed by atoms with E-state index in [0.717, 1.165) is 0 Å². The molecule has 0 spiro atoms. The molecule has 2 aromatic rings. The Kier molecular flexibility index (Phi) is 4.15. The van der Waals surface area contributed by atoms with E-state index in [1.165, 1.54) is 0 Å². The number of ether oxygens (including phenoxy) is 3. The van der Waals surface area contributed by atoms with Crippen LogP contribution in [-0.4, -0.2) is 77.8 Å². The summed E-state index contributed by atoms with van der Waals surface area (Å²) in [6.45, 7) is 1.29. The van der Waals surface area contributed by atoms with Crippen LogP contribution in [0.1, 0.15) is 16.4 Å². The van der Waals surface area contributed by atoms with E-state index in [0.29, 0.717) is 35.9 Å². The largest absolute Gasteiger partial charge is 0.496 e. The number of aromatic nitrogens is 3. The van der Waals surface area contributed by atoms with Crippen molar-refractivity contribution in [2.75, 3.05) is 41.1 Å². The van der Waals surface area contributed by atoms with Crippen molar-refractivity contribution in [1.29, 1.82) is 0 Å². The van der Waals surface area contributed by atoms with Crippen LogP contribution in [0.15, 0.2) is 24.5 Å². The van der Waals surface area contributed by atoms with Crippen LogP contribution >= 0.6 is 0 Å². The summed E-state index contributed by atoms with van der Waals surface area (Å²) in [5.41, 5.74) is 0.466. The van der Waals surface area contributed by atoms with Crippen molar-refractivity contribution in [1.82, 2.24) is 24.8 Å². The highest BCUT2D eigenvalue weighted by Gasteiger charge is 2.39. The van der Waals surface area contributed by atoms with Crippen LogP contribution in [0.4, 0.5) is 0 Å². The van der Waals surface area contributed by atoms with Gasteiger partial charge in [0.05, 0.1) is 31.0 Å². The second-order valence-electron chi connectivity index (χ2n) is 6.60. The third-order valence-corrected chi connectivity index (χ3v) is 4.92. The number of rotatable bonds is 4. The molecule has 138 valence electrons. The van der Waals surface area contributed by atoms with Crippen molar-refractivity contribution in [3.63, 3.8) is 0 Å². The molecular formula is C17H21N5O4. The molecule has 2 atom stereocenters. The average Bonchev–Trinajstić information content (AvgIpc) is 3.38. The number of fused-ring (bicyclic) bond motifs is 1. The van der Waals surface area contributed by atoms with Gasteiger partial charge in [0.25, 0.3) is 5.91 Å². The van der Waals surface area contributed by atoms with Crippen LogP contribution in [0.5, 0.6) is 17.2 Å². The molecule has 0 N–H and O–H groups in total. The van der Waals surface area contributed by atoms with Crippen LogP contribution in [-0.2, 0) is 0 Å². The second kappa shape index (κ2) is 6.49. The molecule has 9 nitrogen and oxygen atoms in total. The fraction of sp³-hybridized carbons (Fsp3) is 0.471. The first-order valence-corrected chi connectivity index (χ1v) is 8.37. The van der Waals surface area contributed by atoms with Gasteiger partial charge in [0.1, 0.15) is 5.75 Å². The molecule has 1 aromatic carbocycles. The zero-order chi connectivity index (χ0) is 18.3. The predicted octanol–water partition coefficient (Wildman–Crippen LogP) is 0.643. The van der Waals surface area contributed by atoms with Crippen LogP contribution in [0.2, 0.25) is 0 Å². The van der Waals surface area contributed by atoms with E-state index >= 15 is 0 Å². The summed E-state index contributed by atoms with van der Waals surface area (Å²) in [5, 5.41) is 8.02. The van der Waals surface area contributed by atoms with Gasteiger partial charge in [-0.3, -0.25) is 4.79 Å². The molecule has 9 heteroatoms. The molecule has 0 unspecified atom stereocenters. The second-order valence-corrected chi connectivity index (χ2v) is 6.60. The quantitative estimate of drug-likeness (QED) is 0.792. The van der Waals surface area contributed by atoms with Crippen LogP contribution in [0, 0.1) is 0 Å². The first-order valence-electron chi connectivity index (χ1n) is 8.37. The number of carbonyl (C=O) groups excluding carboxylic acids is 1. The lowest BCUT2D eigenvalue weighted by Crippen LogP contribution is -2.37. The highest BCUT2D eigenvalue weighted by molar-refractivity contribution is 5.98. The van der Waals surface area contributed by atoms with Gasteiger partial charge in [0.15, 0.2) is 11.5 Å². The molecule has 2 aliphatic heterocycles. The minimum absolute atomic E-state index is 0.0384. The third kappa shape index (κ3) is 2.74. The maximum atomic E-state index is 13.2. The summed E-state index contributed by atoms with van der Waals surface area (Å²) in [5.74, 6) is 1.52. The number of likely N-dealkylation sites (tertiary alicyclic amines) is 1. The Morgan fingerprint density at radius 2 is 2.04 bits per heavy atom. The maximum absolute atomic E-state index is 13.2. The van der Waals surface area contributed by atoms with E-state index in [1.54, 1.807) is 25.4 Å². The minimum atomic E-state index is -0.102. The molecule has 2 aliphatic rings. The number of amides is 1. The van der Waals surface area contributed by atoms with Crippen LogP contribution in [0.3, 0.4) is 0 Å². The Bertz CT molecular complexity index is 808. The Hall–Kier alpha value is -2.81. The molecule has 1 fully saturated rings. The van der Waals surface area contributed by atoms with Gasteiger partial charge >= 0.3 is 0 Å². The Labute approximate surface area is 151 Å².